The number of nitrogens with zero attached hydrogens (tertiary/aromatic N) is 2. The fraction of sp³-hybridized carbons (Fsp3) is 0.500. The third-order valence-corrected chi connectivity index (χ3v) is 3.38. The molecule has 0 radical (unpaired) electrons. The molecule has 0 bridgehead atoms. The Labute approximate surface area is 128 Å². The van der Waals surface area contributed by atoms with Crippen LogP contribution in [0.1, 0.15) is 25.7 Å². The summed E-state index contributed by atoms with van der Waals surface area (Å²) in [7, 11) is 0. The molecule has 2 aliphatic heterocycles. The second kappa shape index (κ2) is 5.76. The van der Waals surface area contributed by atoms with Crippen LogP contribution in [0.4, 0.5) is 0 Å². The maximum absolute atomic E-state index is 11.9. The van der Waals surface area contributed by atoms with E-state index < -0.39 is 48.0 Å². The number of carbonyl (C=O) groups is 6. The van der Waals surface area contributed by atoms with E-state index in [0.717, 1.165) is 0 Å². The molecular formula is C12H12N2O9. The number of carbonyl (C=O) groups excluding carboxylic acids is 4. The minimum atomic E-state index is -3.12. The predicted molar refractivity (Wildman–Crippen MR) is 66.1 cm³/mol. The van der Waals surface area contributed by atoms with Gasteiger partial charge >= 0.3 is 17.8 Å². The van der Waals surface area contributed by atoms with Crippen molar-refractivity contribution in [2.45, 2.75) is 31.5 Å². The number of hydrogen-bond donors (Lipinski definition) is 2. The molecule has 11 nitrogen and oxygen atoms in total. The van der Waals surface area contributed by atoms with Gasteiger partial charge in [-0.2, -0.15) is 0 Å². The van der Waals surface area contributed by atoms with Crippen molar-refractivity contribution in [2.75, 3.05) is 6.61 Å². The molecule has 2 N–H and O–H groups in total. The first-order valence-electron chi connectivity index (χ1n) is 6.52. The normalized spacial score (nSPS) is 19.0. The monoisotopic (exact) mass is 328 g/mol. The number of aliphatic carboxylic acids is 2. The minimum absolute atomic E-state index is 0.138. The molecule has 0 aromatic heterocycles. The zero-order valence-corrected chi connectivity index (χ0v) is 11.7. The van der Waals surface area contributed by atoms with Crippen LogP contribution in [0.15, 0.2) is 0 Å². The molecule has 0 aromatic carbocycles. The van der Waals surface area contributed by atoms with E-state index >= 15 is 0 Å². The Kier molecular flexibility index (Phi) is 4.14. The lowest BCUT2D eigenvalue weighted by atomic mass is 10.2. The Hall–Kier alpha value is -2.82. The van der Waals surface area contributed by atoms with Crippen LogP contribution < -0.4 is 0 Å². The molecule has 0 spiro atoms. The van der Waals surface area contributed by atoms with Crippen LogP contribution in [-0.4, -0.2) is 68.0 Å². The van der Waals surface area contributed by atoms with Gasteiger partial charge in [-0.25, -0.2) is 19.4 Å². The van der Waals surface area contributed by atoms with Gasteiger partial charge in [-0.3, -0.25) is 19.2 Å². The van der Waals surface area contributed by atoms with E-state index in [9.17, 15) is 33.9 Å². The topological polar surface area (TPSA) is 159 Å². The van der Waals surface area contributed by atoms with Crippen LogP contribution >= 0.6 is 0 Å². The summed E-state index contributed by atoms with van der Waals surface area (Å²) in [6.45, 7) is -1.24. The van der Waals surface area contributed by atoms with Gasteiger partial charge < -0.3 is 14.9 Å². The molecule has 2 saturated heterocycles. The molecule has 2 fully saturated rings. The Morgan fingerprint density at radius 1 is 0.870 bits per heavy atom. The summed E-state index contributed by atoms with van der Waals surface area (Å²) in [5.74, 6) is -10.6. The molecule has 4 amide bonds. The highest BCUT2D eigenvalue weighted by atomic mass is 16.6. The fourth-order valence-corrected chi connectivity index (χ4v) is 2.47. The number of carboxylic acid groups (broad SMARTS) is 2. The zero-order chi connectivity index (χ0) is 17.4. The molecule has 0 aliphatic carbocycles. The summed E-state index contributed by atoms with van der Waals surface area (Å²) in [6.07, 6.45) is -1.33. The number of carboxylic acids is 2. The van der Waals surface area contributed by atoms with E-state index in [1.165, 1.54) is 0 Å². The highest BCUT2D eigenvalue weighted by Gasteiger charge is 2.62. The minimum Gasteiger partial charge on any atom is -0.480 e. The third-order valence-electron chi connectivity index (χ3n) is 3.38. The lowest BCUT2D eigenvalue weighted by molar-refractivity contribution is -0.238. The fourth-order valence-electron chi connectivity index (χ4n) is 2.47. The molecule has 11 heteroatoms. The first-order chi connectivity index (χ1) is 10.7. The van der Waals surface area contributed by atoms with Gasteiger partial charge in [0.15, 0.2) is 0 Å². The maximum Gasteiger partial charge on any atom is 0.382 e. The van der Waals surface area contributed by atoms with Crippen LogP contribution in [0.2, 0.25) is 0 Å². The number of likely N-dealkylation sites (tertiary alicyclic amines) is 2. The largest absolute Gasteiger partial charge is 0.480 e. The third kappa shape index (κ3) is 2.54. The lowest BCUT2D eigenvalue weighted by Crippen LogP contribution is -2.70. The van der Waals surface area contributed by atoms with E-state index in [-0.39, 0.29) is 35.5 Å². The highest BCUT2D eigenvalue weighted by Crippen LogP contribution is 2.33. The second-order valence-corrected chi connectivity index (χ2v) is 4.84. The highest BCUT2D eigenvalue weighted by molar-refractivity contribution is 6.11. The summed E-state index contributed by atoms with van der Waals surface area (Å²) in [5.41, 5.74) is 0. The molecule has 2 rings (SSSR count). The van der Waals surface area contributed by atoms with Crippen LogP contribution in [0.5, 0.6) is 0 Å². The van der Waals surface area contributed by atoms with Crippen LogP contribution in [0, 0.1) is 0 Å². The standard InChI is InChI=1S/C12H12N2O9/c15-6-1-2-7(16)13(6)12(11(21)22,23-5-10(19)20)14-8(17)3-4-9(14)18/h1-5H2,(H,19,20)(H,21,22). The molecule has 0 saturated carbocycles. The summed E-state index contributed by atoms with van der Waals surface area (Å²) in [5, 5.41) is 18.2. The average molecular weight is 328 g/mol. The van der Waals surface area contributed by atoms with Gasteiger partial charge in [-0.1, -0.05) is 0 Å². The van der Waals surface area contributed by atoms with Crippen LogP contribution in [-0.2, 0) is 33.5 Å². The molecule has 0 atom stereocenters. The molecule has 2 aliphatic rings. The SMILES string of the molecule is O=C(O)COC(C(=O)O)(N1C(=O)CCC1=O)N1C(=O)CCC1=O. The Morgan fingerprint density at radius 2 is 1.22 bits per heavy atom. The number of hydrogen-bond acceptors (Lipinski definition) is 7. The van der Waals surface area contributed by atoms with Crippen LogP contribution in [0.25, 0.3) is 0 Å². The summed E-state index contributed by atoms with van der Waals surface area (Å²) >= 11 is 0. The van der Waals surface area contributed by atoms with Crippen molar-refractivity contribution >= 4 is 35.6 Å². The molecule has 0 unspecified atom stereocenters. The number of amides is 4. The van der Waals surface area contributed by atoms with Gasteiger partial charge in [-0.05, 0) is 0 Å². The van der Waals surface area contributed by atoms with Crippen molar-refractivity contribution in [3.05, 3.63) is 0 Å². The summed E-state index contributed by atoms with van der Waals surface area (Å²) in [4.78, 5) is 70.4. The first-order valence-corrected chi connectivity index (χ1v) is 6.52. The van der Waals surface area contributed by atoms with Gasteiger partial charge in [0.25, 0.3) is 0 Å². The number of ether oxygens (including phenoxy) is 1. The van der Waals surface area contributed by atoms with Crippen LogP contribution in [0.3, 0.4) is 0 Å². The number of rotatable bonds is 6. The van der Waals surface area contributed by atoms with E-state index in [1.54, 1.807) is 0 Å². The van der Waals surface area contributed by atoms with Gasteiger partial charge in [0.2, 0.25) is 23.6 Å². The number of imide groups is 2. The van der Waals surface area contributed by atoms with Gasteiger partial charge in [-0.15, -0.1) is 0 Å². The Bertz CT molecular complexity index is 558. The zero-order valence-electron chi connectivity index (χ0n) is 11.7. The summed E-state index contributed by atoms with van der Waals surface area (Å²) in [6, 6.07) is 0. The smallest absolute Gasteiger partial charge is 0.382 e. The van der Waals surface area contributed by atoms with Crippen molar-refractivity contribution in [1.29, 1.82) is 0 Å². The van der Waals surface area contributed by atoms with E-state index in [2.05, 4.69) is 0 Å². The van der Waals surface area contributed by atoms with E-state index in [0.29, 0.717) is 0 Å². The molecule has 124 valence electrons. The molecule has 2 heterocycles. The predicted octanol–water partition coefficient (Wildman–Crippen LogP) is -1.88. The Balaban J connectivity index is 2.59. The van der Waals surface area contributed by atoms with Gasteiger partial charge in [0.05, 0.1) is 0 Å². The van der Waals surface area contributed by atoms with E-state index in [4.69, 9.17) is 9.84 Å². The van der Waals surface area contributed by atoms with Crippen molar-refractivity contribution in [1.82, 2.24) is 9.80 Å². The second-order valence-electron chi connectivity index (χ2n) is 4.84. The van der Waals surface area contributed by atoms with Crippen molar-refractivity contribution < 1.29 is 43.7 Å². The van der Waals surface area contributed by atoms with Gasteiger partial charge in [0, 0.05) is 25.7 Å². The van der Waals surface area contributed by atoms with Crippen molar-refractivity contribution in [2.24, 2.45) is 0 Å². The molecule has 0 aromatic rings. The quantitative estimate of drug-likeness (QED) is 0.532. The van der Waals surface area contributed by atoms with E-state index in [1.807, 2.05) is 0 Å². The maximum atomic E-state index is 11.9. The molecule has 23 heavy (non-hydrogen) atoms. The Morgan fingerprint density at radius 3 is 1.48 bits per heavy atom. The first kappa shape index (κ1) is 16.5. The van der Waals surface area contributed by atoms with Crippen molar-refractivity contribution in [3.63, 3.8) is 0 Å². The van der Waals surface area contributed by atoms with Crippen molar-refractivity contribution in [3.8, 4) is 0 Å². The molecular weight excluding hydrogens is 316 g/mol. The van der Waals surface area contributed by atoms with Gasteiger partial charge in [0.1, 0.15) is 6.61 Å². The lowest BCUT2D eigenvalue weighted by Gasteiger charge is -2.40. The average Bonchev–Trinajstić information content (AvgIpc) is 2.96. The summed E-state index contributed by atoms with van der Waals surface area (Å²) < 4.78 is 4.77.